The van der Waals surface area contributed by atoms with Crippen LogP contribution in [0.2, 0.25) is 0 Å². The van der Waals surface area contributed by atoms with E-state index in [1.807, 2.05) is 0 Å². The molecule has 4 rings (SSSR count). The van der Waals surface area contributed by atoms with Crippen LogP contribution in [0.25, 0.3) is 0 Å². The normalized spacial score (nSPS) is 12.6. The second kappa shape index (κ2) is 23.1. The molecular weight excluding hydrogens is 809 g/mol. The van der Waals surface area contributed by atoms with Crippen LogP contribution >= 0.6 is 0 Å². The van der Waals surface area contributed by atoms with Gasteiger partial charge in [0.2, 0.25) is 18.1 Å². The molecule has 5 nitrogen and oxygen atoms in total. The lowest BCUT2D eigenvalue weighted by atomic mass is 9.86. The predicted molar refractivity (Wildman–Crippen MR) is 276 cm³/mol. The van der Waals surface area contributed by atoms with Crippen LogP contribution in [-0.2, 0) is 25.8 Å². The first kappa shape index (κ1) is 52.1. The highest BCUT2D eigenvalue weighted by atomic mass is 28.4. The summed E-state index contributed by atoms with van der Waals surface area (Å²) in [4.78, 5) is 0. The lowest BCUT2D eigenvalue weighted by molar-refractivity contribution is 0.301. The van der Waals surface area contributed by atoms with Gasteiger partial charge in [-0.05, 0) is 115 Å². The number of hydrogen-bond donors (Lipinski definition) is 0. The van der Waals surface area contributed by atoms with E-state index in [1.165, 1.54) is 43.0 Å². The number of unbranched alkanes of at least 4 members (excludes halogenated alkanes) is 4. The first-order chi connectivity index (χ1) is 29.6. The Bertz CT molecular complexity index is 1740. The van der Waals surface area contributed by atoms with Crippen molar-refractivity contribution in [3.63, 3.8) is 0 Å². The van der Waals surface area contributed by atoms with Crippen molar-refractivity contribution in [2.75, 3.05) is 26.4 Å². The monoisotopic (exact) mass is 895 g/mol. The largest absolute Gasteiger partial charge is 0.493 e. The molecule has 0 fully saturated rings. The quantitative estimate of drug-likeness (QED) is 0.0581. The Morgan fingerprint density at radius 1 is 0.333 bits per heavy atom. The number of hydrogen-bond acceptors (Lipinski definition) is 5. The van der Waals surface area contributed by atoms with E-state index in [4.69, 9.17) is 23.1 Å². The molecule has 0 aliphatic heterocycles. The molecule has 0 spiro atoms. The summed E-state index contributed by atoms with van der Waals surface area (Å²) in [5.74, 6) is 3.84. The van der Waals surface area contributed by atoms with Gasteiger partial charge in [0.05, 0.1) is 26.4 Å². The van der Waals surface area contributed by atoms with Gasteiger partial charge in [-0.25, -0.2) is 0 Å². The van der Waals surface area contributed by atoms with E-state index < -0.39 is 18.1 Å². The van der Waals surface area contributed by atoms with Crippen molar-refractivity contribution in [2.45, 2.75) is 184 Å². The highest BCUT2D eigenvalue weighted by Crippen LogP contribution is 2.35. The molecule has 63 heavy (non-hydrogen) atoms. The van der Waals surface area contributed by atoms with Gasteiger partial charge in [0.1, 0.15) is 23.0 Å². The van der Waals surface area contributed by atoms with Gasteiger partial charge in [-0.1, -0.05) is 185 Å². The molecule has 0 amide bonds. The molecule has 0 unspecified atom stereocenters. The van der Waals surface area contributed by atoms with Gasteiger partial charge in [0.15, 0.2) is 0 Å². The van der Waals surface area contributed by atoms with Crippen molar-refractivity contribution in [1.82, 2.24) is 0 Å². The van der Waals surface area contributed by atoms with Crippen molar-refractivity contribution in [1.29, 1.82) is 0 Å². The van der Waals surface area contributed by atoms with E-state index in [1.54, 1.807) is 0 Å². The SMILES string of the molecule is CCCCOc1cc([SiH](O[SiH](c2ccc(C(C)(C)C)c(OCCCC)c2)c2ccc(C(C)(C)C)c(OCCCC)c2)c2ccc(C(C)(C)C)c(OCCCC)c2)ccc1C(C)(C)C. The zero-order valence-electron chi connectivity index (χ0n) is 42.6. The Morgan fingerprint density at radius 2 is 0.540 bits per heavy atom. The Kier molecular flexibility index (Phi) is 19.1. The topological polar surface area (TPSA) is 46.2 Å². The standard InChI is InChI=1S/C56H86O5Si2/c1-17-21-33-57-49-37-41(25-29-45(49)53(5,6)7)62(42-26-30-46(54(8,9)10)50(38-42)58-34-22-18-2)61-63(43-27-31-47(55(11,12)13)51(39-43)59-35-23-19-3)44-28-32-48(56(14,15)16)52(40-44)60-36-24-20-4/h25-32,37-40,62-63H,17-24,33-36H2,1-16H3. The van der Waals surface area contributed by atoms with Crippen molar-refractivity contribution in [2.24, 2.45) is 0 Å². The summed E-state index contributed by atoms with van der Waals surface area (Å²) in [7, 11) is -4.99. The maximum atomic E-state index is 8.07. The van der Waals surface area contributed by atoms with Crippen LogP contribution in [-0.4, -0.2) is 44.5 Å². The molecule has 0 aromatic heterocycles. The van der Waals surface area contributed by atoms with Crippen LogP contribution < -0.4 is 39.7 Å². The van der Waals surface area contributed by atoms with Crippen LogP contribution in [0, 0.1) is 0 Å². The van der Waals surface area contributed by atoms with Crippen molar-refractivity contribution >= 4 is 38.8 Å². The number of rotatable bonds is 22. The summed E-state index contributed by atoms with van der Waals surface area (Å²) >= 11 is 0. The van der Waals surface area contributed by atoms with Gasteiger partial charge in [-0.2, -0.15) is 0 Å². The first-order valence-corrected chi connectivity index (χ1v) is 27.6. The third-order valence-electron chi connectivity index (χ3n) is 11.8. The van der Waals surface area contributed by atoms with Crippen LogP contribution in [0.15, 0.2) is 72.8 Å². The molecule has 0 atom stereocenters. The lowest BCUT2D eigenvalue weighted by Gasteiger charge is -2.30. The molecule has 7 heteroatoms. The van der Waals surface area contributed by atoms with Crippen LogP contribution in [0.4, 0.5) is 0 Å². The predicted octanol–water partition coefficient (Wildman–Crippen LogP) is 12.0. The van der Waals surface area contributed by atoms with Crippen molar-refractivity contribution in [3.05, 3.63) is 95.1 Å². The zero-order valence-corrected chi connectivity index (χ0v) is 44.9. The molecule has 0 aliphatic rings. The lowest BCUT2D eigenvalue weighted by Crippen LogP contribution is -2.56. The van der Waals surface area contributed by atoms with Gasteiger partial charge in [0, 0.05) is 0 Å². The number of ether oxygens (including phenoxy) is 4. The van der Waals surface area contributed by atoms with Gasteiger partial charge >= 0.3 is 0 Å². The first-order valence-electron chi connectivity index (χ1n) is 24.4. The van der Waals surface area contributed by atoms with E-state index in [-0.39, 0.29) is 21.7 Å². The second-order valence-electron chi connectivity index (χ2n) is 21.7. The van der Waals surface area contributed by atoms with Gasteiger partial charge in [-0.15, -0.1) is 0 Å². The highest BCUT2D eigenvalue weighted by Gasteiger charge is 2.33. The molecule has 0 saturated heterocycles. The average Bonchev–Trinajstić information content (AvgIpc) is 3.20. The third kappa shape index (κ3) is 14.7. The van der Waals surface area contributed by atoms with Crippen LogP contribution in [0.5, 0.6) is 23.0 Å². The Hall–Kier alpha value is -3.53. The Morgan fingerprint density at radius 3 is 0.714 bits per heavy atom. The third-order valence-corrected chi connectivity index (χ3v) is 17.8. The summed E-state index contributed by atoms with van der Waals surface area (Å²) in [6.45, 7) is 38.9. The number of benzene rings is 4. The maximum absolute atomic E-state index is 8.07. The highest BCUT2D eigenvalue weighted by molar-refractivity contribution is 6.92. The molecule has 0 N–H and O–H groups in total. The average molecular weight is 895 g/mol. The summed E-state index contributed by atoms with van der Waals surface area (Å²) in [6.07, 6.45) is 8.34. The summed E-state index contributed by atoms with van der Waals surface area (Å²) in [5.41, 5.74) is 4.52. The summed E-state index contributed by atoms with van der Waals surface area (Å²) in [5, 5.41) is 4.80. The molecule has 0 radical (unpaired) electrons. The fourth-order valence-electron chi connectivity index (χ4n) is 7.91. The second-order valence-corrected chi connectivity index (χ2v) is 27.0. The molecule has 4 aromatic carbocycles. The van der Waals surface area contributed by atoms with Crippen molar-refractivity contribution in [3.8, 4) is 23.0 Å². The molecular formula is C56H86O5Si2. The molecule has 0 bridgehead atoms. The summed E-state index contributed by atoms with van der Waals surface area (Å²) < 4.78 is 34.8. The zero-order chi connectivity index (χ0) is 46.6. The van der Waals surface area contributed by atoms with Gasteiger partial charge in [0.25, 0.3) is 0 Å². The van der Waals surface area contributed by atoms with Crippen LogP contribution in [0.3, 0.4) is 0 Å². The van der Waals surface area contributed by atoms with E-state index in [2.05, 4.69) is 184 Å². The minimum absolute atomic E-state index is 0.0874. The fourth-order valence-corrected chi connectivity index (χ4v) is 14.6. The minimum atomic E-state index is -2.49. The Balaban J connectivity index is 2.09. The summed E-state index contributed by atoms with van der Waals surface area (Å²) in [6, 6.07) is 27.8. The Labute approximate surface area is 388 Å². The maximum Gasteiger partial charge on any atom is 0.229 e. The molecule has 0 heterocycles. The fraction of sp³-hybridized carbons (Fsp3) is 0.571. The van der Waals surface area contributed by atoms with E-state index >= 15 is 0 Å². The molecule has 0 saturated carbocycles. The smallest absolute Gasteiger partial charge is 0.229 e. The van der Waals surface area contributed by atoms with Crippen LogP contribution in [0.1, 0.15) is 184 Å². The van der Waals surface area contributed by atoms with E-state index in [9.17, 15) is 0 Å². The van der Waals surface area contributed by atoms with E-state index in [0.717, 1.165) is 74.4 Å². The van der Waals surface area contributed by atoms with E-state index in [0.29, 0.717) is 26.4 Å². The molecule has 348 valence electrons. The molecule has 4 aromatic rings. The van der Waals surface area contributed by atoms with Crippen molar-refractivity contribution < 1.29 is 23.1 Å². The van der Waals surface area contributed by atoms with Gasteiger partial charge in [-0.3, -0.25) is 0 Å². The molecule has 0 aliphatic carbocycles. The minimum Gasteiger partial charge on any atom is -0.493 e. The van der Waals surface area contributed by atoms with Gasteiger partial charge < -0.3 is 23.1 Å².